The SMILES string of the molecule is COC(=O)c1sccc1S(=O)(=O)NCc1ccc2c(c1)CNC2.Cl. The number of nitrogens with one attached hydrogen (secondary N) is 2. The lowest BCUT2D eigenvalue weighted by molar-refractivity contribution is 0.0602. The van der Waals surface area contributed by atoms with Gasteiger partial charge in [0, 0.05) is 19.6 Å². The summed E-state index contributed by atoms with van der Waals surface area (Å²) < 4.78 is 32.0. The van der Waals surface area contributed by atoms with E-state index in [1.165, 1.54) is 24.3 Å². The number of sulfonamides is 1. The Hall–Kier alpha value is -1.45. The third-order valence-corrected chi connectivity index (χ3v) is 6.12. The molecule has 0 saturated heterocycles. The van der Waals surface area contributed by atoms with Crippen molar-refractivity contribution in [2.24, 2.45) is 0 Å². The Morgan fingerprint density at radius 1 is 1.29 bits per heavy atom. The third kappa shape index (κ3) is 3.79. The van der Waals surface area contributed by atoms with E-state index in [4.69, 9.17) is 0 Å². The van der Waals surface area contributed by atoms with Gasteiger partial charge in [-0.25, -0.2) is 17.9 Å². The van der Waals surface area contributed by atoms with Gasteiger partial charge < -0.3 is 10.1 Å². The second-order valence-corrected chi connectivity index (χ2v) is 7.79. The minimum absolute atomic E-state index is 0. The Bertz CT molecular complexity index is 849. The van der Waals surface area contributed by atoms with Gasteiger partial charge in [0.15, 0.2) is 0 Å². The van der Waals surface area contributed by atoms with E-state index >= 15 is 0 Å². The summed E-state index contributed by atoms with van der Waals surface area (Å²) in [4.78, 5) is 11.7. The van der Waals surface area contributed by atoms with Crippen LogP contribution in [0.4, 0.5) is 0 Å². The van der Waals surface area contributed by atoms with Gasteiger partial charge in [-0.05, 0) is 28.1 Å². The molecule has 1 aromatic heterocycles. The molecule has 2 N–H and O–H groups in total. The van der Waals surface area contributed by atoms with Gasteiger partial charge in [0.2, 0.25) is 10.0 Å². The summed E-state index contributed by atoms with van der Waals surface area (Å²) in [6, 6.07) is 7.31. The number of halogens is 1. The highest BCUT2D eigenvalue weighted by Gasteiger charge is 2.24. The van der Waals surface area contributed by atoms with E-state index in [0.29, 0.717) is 0 Å². The molecule has 3 rings (SSSR count). The molecule has 1 aliphatic heterocycles. The smallest absolute Gasteiger partial charge is 0.349 e. The first kappa shape index (κ1) is 18.9. The maximum Gasteiger partial charge on any atom is 0.349 e. The summed E-state index contributed by atoms with van der Waals surface area (Å²) in [5.74, 6) is -0.649. The topological polar surface area (TPSA) is 84.5 Å². The van der Waals surface area contributed by atoms with Gasteiger partial charge in [0.1, 0.15) is 9.77 Å². The summed E-state index contributed by atoms with van der Waals surface area (Å²) >= 11 is 1.05. The second kappa shape index (κ2) is 7.62. The molecule has 0 bridgehead atoms. The van der Waals surface area contributed by atoms with E-state index in [0.717, 1.165) is 30.0 Å². The standard InChI is InChI=1S/C15H16N2O4S2.ClH/c1-21-15(18)14-13(4-5-22-14)23(19,20)17-7-10-2-3-11-8-16-9-12(11)6-10;/h2-6,16-17H,7-9H2,1H3;1H. The van der Waals surface area contributed by atoms with Crippen LogP contribution in [0.2, 0.25) is 0 Å². The summed E-state index contributed by atoms with van der Waals surface area (Å²) in [5, 5.41) is 4.80. The van der Waals surface area contributed by atoms with Gasteiger partial charge >= 0.3 is 5.97 Å². The maximum absolute atomic E-state index is 12.4. The molecule has 6 nitrogen and oxygen atoms in total. The number of carbonyl (C=O) groups excluding carboxylic acids is 1. The normalized spacial score (nSPS) is 13.2. The fraction of sp³-hybridized carbons (Fsp3) is 0.267. The van der Waals surface area contributed by atoms with Gasteiger partial charge in [-0.2, -0.15) is 0 Å². The van der Waals surface area contributed by atoms with Crippen molar-refractivity contribution in [3.63, 3.8) is 0 Å². The van der Waals surface area contributed by atoms with Crippen LogP contribution >= 0.6 is 23.7 Å². The Morgan fingerprint density at radius 3 is 2.79 bits per heavy atom. The van der Waals surface area contributed by atoms with Crippen molar-refractivity contribution in [1.29, 1.82) is 0 Å². The molecule has 1 aliphatic rings. The van der Waals surface area contributed by atoms with Crippen LogP contribution in [0, 0.1) is 0 Å². The Morgan fingerprint density at radius 2 is 2.04 bits per heavy atom. The fourth-order valence-electron chi connectivity index (χ4n) is 2.46. The van der Waals surface area contributed by atoms with Crippen molar-refractivity contribution in [2.75, 3.05) is 7.11 Å². The van der Waals surface area contributed by atoms with E-state index in [1.54, 1.807) is 5.38 Å². The summed E-state index contributed by atoms with van der Waals surface area (Å²) in [7, 11) is -2.54. The zero-order chi connectivity index (χ0) is 16.4. The zero-order valence-corrected chi connectivity index (χ0v) is 15.3. The van der Waals surface area contributed by atoms with Crippen molar-refractivity contribution < 1.29 is 17.9 Å². The van der Waals surface area contributed by atoms with Crippen LogP contribution in [0.1, 0.15) is 26.4 Å². The number of benzene rings is 1. The van der Waals surface area contributed by atoms with Crippen LogP contribution in [0.5, 0.6) is 0 Å². The highest BCUT2D eigenvalue weighted by atomic mass is 35.5. The predicted octanol–water partition coefficient (Wildman–Crippen LogP) is 2.04. The van der Waals surface area contributed by atoms with Gasteiger partial charge in [-0.3, -0.25) is 0 Å². The molecular weight excluding hydrogens is 372 g/mol. The Balaban J connectivity index is 0.00000208. The van der Waals surface area contributed by atoms with E-state index in [2.05, 4.69) is 14.8 Å². The van der Waals surface area contributed by atoms with Crippen molar-refractivity contribution in [1.82, 2.24) is 10.0 Å². The minimum Gasteiger partial charge on any atom is -0.465 e. The van der Waals surface area contributed by atoms with E-state index < -0.39 is 16.0 Å². The van der Waals surface area contributed by atoms with Gasteiger partial charge in [-0.15, -0.1) is 23.7 Å². The van der Waals surface area contributed by atoms with Gasteiger partial charge in [0.25, 0.3) is 0 Å². The summed E-state index contributed by atoms with van der Waals surface area (Å²) in [6.45, 7) is 1.82. The lowest BCUT2D eigenvalue weighted by Crippen LogP contribution is -2.24. The quantitative estimate of drug-likeness (QED) is 0.766. The van der Waals surface area contributed by atoms with Crippen LogP contribution < -0.4 is 10.0 Å². The number of esters is 1. The number of hydrogen-bond acceptors (Lipinski definition) is 6. The molecule has 0 amide bonds. The number of hydrogen-bond donors (Lipinski definition) is 2. The van der Waals surface area contributed by atoms with E-state index in [-0.39, 0.29) is 28.7 Å². The van der Waals surface area contributed by atoms with E-state index in [1.807, 2.05) is 18.2 Å². The molecule has 24 heavy (non-hydrogen) atoms. The van der Waals surface area contributed by atoms with Crippen LogP contribution in [0.3, 0.4) is 0 Å². The zero-order valence-electron chi connectivity index (χ0n) is 12.9. The number of ether oxygens (including phenoxy) is 1. The lowest BCUT2D eigenvalue weighted by Gasteiger charge is -2.08. The largest absolute Gasteiger partial charge is 0.465 e. The third-order valence-electron chi connectivity index (χ3n) is 3.66. The molecule has 2 aromatic rings. The van der Waals surface area contributed by atoms with Crippen molar-refractivity contribution >= 4 is 39.7 Å². The molecule has 130 valence electrons. The molecule has 0 radical (unpaired) electrons. The summed E-state index contributed by atoms with van der Waals surface area (Å²) in [5.41, 5.74) is 3.31. The molecule has 0 atom stereocenters. The van der Waals surface area contributed by atoms with Crippen molar-refractivity contribution in [2.45, 2.75) is 24.5 Å². The van der Waals surface area contributed by atoms with E-state index in [9.17, 15) is 13.2 Å². The first-order valence-corrected chi connectivity index (χ1v) is 9.34. The van der Waals surface area contributed by atoms with Crippen molar-refractivity contribution in [3.8, 4) is 0 Å². The highest BCUT2D eigenvalue weighted by Crippen LogP contribution is 2.23. The monoisotopic (exact) mass is 388 g/mol. The van der Waals surface area contributed by atoms with Crippen LogP contribution in [0.15, 0.2) is 34.5 Å². The number of rotatable bonds is 5. The molecule has 0 aliphatic carbocycles. The molecular formula is C15H17ClN2O4S2. The predicted molar refractivity (Wildman–Crippen MR) is 93.9 cm³/mol. The first-order chi connectivity index (χ1) is 11.0. The molecule has 2 heterocycles. The molecule has 1 aromatic carbocycles. The Labute approximate surface area is 150 Å². The number of carbonyl (C=O) groups is 1. The molecule has 0 unspecified atom stereocenters. The van der Waals surface area contributed by atoms with Gasteiger partial charge in [0.05, 0.1) is 7.11 Å². The number of methoxy groups -OCH3 is 1. The average Bonchev–Trinajstić information content (AvgIpc) is 3.20. The minimum atomic E-state index is -3.77. The average molecular weight is 389 g/mol. The van der Waals surface area contributed by atoms with Crippen molar-refractivity contribution in [3.05, 3.63) is 51.2 Å². The van der Waals surface area contributed by atoms with Crippen LogP contribution in [-0.2, 0) is 34.4 Å². The number of fused-ring (bicyclic) bond motifs is 1. The first-order valence-electron chi connectivity index (χ1n) is 6.98. The number of thiophene rings is 1. The summed E-state index contributed by atoms with van der Waals surface area (Å²) in [6.07, 6.45) is 0. The second-order valence-electron chi connectivity index (χ2n) is 5.14. The lowest BCUT2D eigenvalue weighted by atomic mass is 10.1. The fourth-order valence-corrected chi connectivity index (χ4v) is 4.82. The molecule has 0 spiro atoms. The van der Waals surface area contributed by atoms with Crippen LogP contribution in [0.25, 0.3) is 0 Å². The Kier molecular flexibility index (Phi) is 6.00. The molecule has 0 saturated carbocycles. The maximum atomic E-state index is 12.4. The highest BCUT2D eigenvalue weighted by molar-refractivity contribution is 7.89. The molecule has 0 fully saturated rings. The van der Waals surface area contributed by atoms with Crippen LogP contribution in [-0.4, -0.2) is 21.5 Å². The molecule has 9 heteroatoms. The van der Waals surface area contributed by atoms with Gasteiger partial charge in [-0.1, -0.05) is 18.2 Å².